The van der Waals surface area contributed by atoms with Crippen LogP contribution in [0.2, 0.25) is 0 Å². The van der Waals surface area contributed by atoms with Crippen LogP contribution in [0.1, 0.15) is 35.6 Å². The molecule has 0 saturated carbocycles. The molecule has 2 aromatic rings. The highest BCUT2D eigenvalue weighted by Crippen LogP contribution is 2.33. The van der Waals surface area contributed by atoms with Gasteiger partial charge < -0.3 is 10.5 Å². The van der Waals surface area contributed by atoms with Crippen molar-refractivity contribution in [1.29, 1.82) is 0 Å². The van der Waals surface area contributed by atoms with E-state index in [-0.39, 0.29) is 30.4 Å². The van der Waals surface area contributed by atoms with Crippen LogP contribution in [0, 0.1) is 0 Å². The van der Waals surface area contributed by atoms with E-state index in [9.17, 15) is 9.59 Å². The number of amides is 2. The van der Waals surface area contributed by atoms with E-state index < -0.39 is 0 Å². The first-order chi connectivity index (χ1) is 13.6. The fourth-order valence-electron chi connectivity index (χ4n) is 4.01. The first-order valence-electron chi connectivity index (χ1n) is 9.70. The number of rotatable bonds is 5. The molecule has 154 valence electrons. The molecule has 2 amide bonds. The van der Waals surface area contributed by atoms with Crippen LogP contribution in [0.25, 0.3) is 0 Å². The molecule has 7 heteroatoms. The maximum Gasteiger partial charge on any atom is 0.329 e. The van der Waals surface area contributed by atoms with Gasteiger partial charge in [0.2, 0.25) is 0 Å². The van der Waals surface area contributed by atoms with Crippen molar-refractivity contribution in [3.63, 3.8) is 0 Å². The van der Waals surface area contributed by atoms with Crippen LogP contribution in [0.4, 0.5) is 16.2 Å². The lowest BCUT2D eigenvalue weighted by molar-refractivity contribution is -0.140. The van der Waals surface area contributed by atoms with Crippen molar-refractivity contribution in [1.82, 2.24) is 0 Å². The number of nitrogens with two attached hydrogens (primary N) is 1. The molecule has 0 aromatic heterocycles. The molecule has 1 fully saturated rings. The topological polar surface area (TPSA) is 75.9 Å². The predicted molar refractivity (Wildman–Crippen MR) is 116 cm³/mol. The van der Waals surface area contributed by atoms with E-state index >= 15 is 0 Å². The van der Waals surface area contributed by atoms with Gasteiger partial charge in [-0.15, -0.1) is 12.4 Å². The number of benzene rings is 2. The van der Waals surface area contributed by atoms with E-state index in [0.717, 1.165) is 29.8 Å². The van der Waals surface area contributed by atoms with Crippen molar-refractivity contribution in [3.8, 4) is 0 Å². The van der Waals surface area contributed by atoms with Crippen LogP contribution in [0.15, 0.2) is 42.5 Å². The van der Waals surface area contributed by atoms with Crippen LogP contribution in [0.5, 0.6) is 0 Å². The molecule has 2 aliphatic rings. The molecule has 6 nitrogen and oxygen atoms in total. The standard InChI is InChI=1S/C22H25N3O3.ClH/c1-28-21(26)11-4-15-2-6-17(7-3-15)24-12-13-25(22(24)27)18-8-9-19-16(14-18)5-10-20(19)23;/h2-3,6-9,14,20H,4-5,10-13,23H2,1H3;1H. The highest BCUT2D eigenvalue weighted by atomic mass is 35.5. The van der Waals surface area contributed by atoms with E-state index in [2.05, 4.69) is 16.9 Å². The van der Waals surface area contributed by atoms with Gasteiger partial charge in [0.1, 0.15) is 0 Å². The molecule has 1 heterocycles. The highest BCUT2D eigenvalue weighted by molar-refractivity contribution is 6.06. The zero-order valence-corrected chi connectivity index (χ0v) is 17.3. The van der Waals surface area contributed by atoms with Crippen molar-refractivity contribution in [2.75, 3.05) is 30.0 Å². The number of carbonyl (C=O) groups is 2. The number of halogens is 1. The summed E-state index contributed by atoms with van der Waals surface area (Å²) in [6.07, 6.45) is 2.93. The number of methoxy groups -OCH3 is 1. The third kappa shape index (κ3) is 4.23. The average molecular weight is 416 g/mol. The highest BCUT2D eigenvalue weighted by Gasteiger charge is 2.31. The Morgan fingerprint density at radius 2 is 1.76 bits per heavy atom. The Kier molecular flexibility index (Phi) is 6.45. The van der Waals surface area contributed by atoms with Gasteiger partial charge in [-0.1, -0.05) is 18.2 Å². The van der Waals surface area contributed by atoms with Gasteiger partial charge in [-0.2, -0.15) is 0 Å². The van der Waals surface area contributed by atoms with Crippen molar-refractivity contribution < 1.29 is 14.3 Å². The average Bonchev–Trinajstić information content (AvgIpc) is 3.29. The number of fused-ring (bicyclic) bond motifs is 1. The number of ether oxygens (including phenoxy) is 1. The quantitative estimate of drug-likeness (QED) is 0.757. The monoisotopic (exact) mass is 415 g/mol. The molecule has 1 aliphatic carbocycles. The smallest absolute Gasteiger partial charge is 0.329 e. The molecule has 0 radical (unpaired) electrons. The molecule has 4 rings (SSSR count). The molecule has 2 aromatic carbocycles. The summed E-state index contributed by atoms with van der Waals surface area (Å²) in [5.41, 5.74) is 11.4. The summed E-state index contributed by atoms with van der Waals surface area (Å²) < 4.78 is 4.67. The minimum atomic E-state index is -0.218. The fraction of sp³-hybridized carbons (Fsp3) is 0.364. The lowest BCUT2D eigenvalue weighted by Crippen LogP contribution is -2.31. The second kappa shape index (κ2) is 8.84. The van der Waals surface area contributed by atoms with Crippen molar-refractivity contribution >= 4 is 35.8 Å². The van der Waals surface area contributed by atoms with Gasteiger partial charge in [-0.3, -0.25) is 14.6 Å². The number of hydrogen-bond acceptors (Lipinski definition) is 4. The van der Waals surface area contributed by atoms with Crippen LogP contribution < -0.4 is 15.5 Å². The van der Waals surface area contributed by atoms with E-state index in [4.69, 9.17) is 5.73 Å². The maximum atomic E-state index is 13.0. The first kappa shape index (κ1) is 21.1. The molecule has 1 saturated heterocycles. The van der Waals surface area contributed by atoms with Gasteiger partial charge in [0.15, 0.2) is 0 Å². The fourth-order valence-corrected chi connectivity index (χ4v) is 4.01. The van der Waals surface area contributed by atoms with Gasteiger partial charge in [0.05, 0.1) is 7.11 Å². The number of aryl methyl sites for hydroxylation is 2. The minimum absolute atomic E-state index is 0. The molecule has 1 atom stereocenters. The number of anilines is 2. The molecule has 1 unspecified atom stereocenters. The van der Waals surface area contributed by atoms with Crippen molar-refractivity contribution in [3.05, 3.63) is 59.2 Å². The van der Waals surface area contributed by atoms with Gasteiger partial charge in [-0.25, -0.2) is 4.79 Å². The number of urea groups is 1. The van der Waals surface area contributed by atoms with E-state index in [1.165, 1.54) is 18.2 Å². The number of esters is 1. The second-order valence-corrected chi connectivity index (χ2v) is 7.36. The summed E-state index contributed by atoms with van der Waals surface area (Å²) in [4.78, 5) is 27.9. The van der Waals surface area contributed by atoms with Gasteiger partial charge in [0.25, 0.3) is 0 Å². The van der Waals surface area contributed by atoms with Crippen LogP contribution in [-0.4, -0.2) is 32.2 Å². The summed E-state index contributed by atoms with van der Waals surface area (Å²) in [5.74, 6) is -0.218. The lowest BCUT2D eigenvalue weighted by atomic mass is 10.1. The molecule has 0 spiro atoms. The molecule has 2 N–H and O–H groups in total. The number of hydrogen-bond donors (Lipinski definition) is 1. The number of carbonyl (C=O) groups excluding carboxylic acids is 2. The Balaban J connectivity index is 0.00000240. The van der Waals surface area contributed by atoms with E-state index in [1.807, 2.05) is 35.2 Å². The van der Waals surface area contributed by atoms with Crippen molar-refractivity contribution in [2.24, 2.45) is 5.73 Å². The van der Waals surface area contributed by atoms with E-state index in [1.54, 1.807) is 4.90 Å². The predicted octanol–water partition coefficient (Wildman–Crippen LogP) is 3.61. The van der Waals surface area contributed by atoms with Crippen LogP contribution in [0.3, 0.4) is 0 Å². The summed E-state index contributed by atoms with van der Waals surface area (Å²) in [6, 6.07) is 14.1. The largest absolute Gasteiger partial charge is 0.469 e. The van der Waals surface area contributed by atoms with E-state index in [0.29, 0.717) is 25.9 Å². The Morgan fingerprint density at radius 3 is 2.45 bits per heavy atom. The van der Waals surface area contributed by atoms with Crippen LogP contribution >= 0.6 is 12.4 Å². The summed E-state index contributed by atoms with van der Waals surface area (Å²) in [7, 11) is 1.39. The van der Waals surface area contributed by atoms with Gasteiger partial charge in [0, 0.05) is 36.9 Å². The number of nitrogens with zero attached hydrogens (tertiary/aromatic N) is 2. The normalized spacial score (nSPS) is 17.9. The maximum absolute atomic E-state index is 13.0. The Morgan fingerprint density at radius 1 is 1.10 bits per heavy atom. The van der Waals surface area contributed by atoms with Gasteiger partial charge >= 0.3 is 12.0 Å². The zero-order chi connectivity index (χ0) is 19.7. The molecule has 29 heavy (non-hydrogen) atoms. The third-order valence-corrected chi connectivity index (χ3v) is 5.66. The first-order valence-corrected chi connectivity index (χ1v) is 9.70. The van der Waals surface area contributed by atoms with Crippen LogP contribution in [-0.2, 0) is 22.4 Å². The Hall–Kier alpha value is -2.57. The lowest BCUT2D eigenvalue weighted by Gasteiger charge is -2.20. The summed E-state index contributed by atoms with van der Waals surface area (Å²) in [6.45, 7) is 1.31. The SMILES string of the molecule is COC(=O)CCc1ccc(N2CCN(c3ccc4c(c3)CCC4N)C2=O)cc1.Cl. The minimum Gasteiger partial charge on any atom is -0.469 e. The molecular weight excluding hydrogens is 390 g/mol. The molecule has 0 bridgehead atoms. The summed E-state index contributed by atoms with van der Waals surface area (Å²) in [5, 5.41) is 0. The Bertz CT molecular complexity index is 901. The second-order valence-electron chi connectivity index (χ2n) is 7.36. The molecular formula is C22H26ClN3O3. The zero-order valence-electron chi connectivity index (χ0n) is 16.5. The molecule has 1 aliphatic heterocycles. The summed E-state index contributed by atoms with van der Waals surface area (Å²) >= 11 is 0. The van der Waals surface area contributed by atoms with Gasteiger partial charge in [-0.05, 0) is 60.2 Å². The Labute approximate surface area is 177 Å². The third-order valence-electron chi connectivity index (χ3n) is 5.66. The van der Waals surface area contributed by atoms with Crippen molar-refractivity contribution in [2.45, 2.75) is 31.7 Å².